The van der Waals surface area contributed by atoms with Gasteiger partial charge in [-0.15, -0.1) is 0 Å². The van der Waals surface area contributed by atoms with Crippen molar-refractivity contribution in [1.29, 1.82) is 0 Å². The van der Waals surface area contributed by atoms with E-state index in [1.807, 2.05) is 12.1 Å². The largest absolute Gasteiger partial charge is 0.380 e. The smallest absolute Gasteiger partial charge is 0.175 e. The molecule has 0 aliphatic heterocycles. The van der Waals surface area contributed by atoms with Crippen molar-refractivity contribution < 1.29 is 4.52 Å². The second-order valence-corrected chi connectivity index (χ2v) is 4.95. The lowest BCUT2D eigenvalue weighted by atomic mass is 9.82. The first kappa shape index (κ1) is 10.0. The number of anilines is 1. The van der Waals surface area contributed by atoms with Crippen molar-refractivity contribution in [3.05, 3.63) is 23.3 Å². The zero-order valence-corrected chi connectivity index (χ0v) is 9.59. The van der Waals surface area contributed by atoms with E-state index in [9.17, 15) is 0 Å². The van der Waals surface area contributed by atoms with Crippen LogP contribution in [0.2, 0.25) is 0 Å². The lowest BCUT2D eigenvalue weighted by molar-refractivity contribution is 0.460. The Morgan fingerprint density at radius 3 is 2.53 bits per heavy atom. The summed E-state index contributed by atoms with van der Waals surface area (Å²) in [5.74, 6) is 0.485. The number of nitrogens with zero attached hydrogens (tertiary/aromatic N) is 1. The van der Waals surface area contributed by atoms with E-state index in [1.165, 1.54) is 11.1 Å². The molecular formula is C12H16N2O. The van der Waals surface area contributed by atoms with Gasteiger partial charge in [0.1, 0.15) is 0 Å². The lowest BCUT2D eigenvalue weighted by Crippen LogP contribution is -2.14. The quantitative estimate of drug-likeness (QED) is 0.717. The second kappa shape index (κ2) is 2.99. The molecule has 1 heterocycles. The Hall–Kier alpha value is -1.51. The van der Waals surface area contributed by atoms with Gasteiger partial charge in [0, 0.05) is 0 Å². The van der Waals surface area contributed by atoms with Crippen molar-refractivity contribution in [2.24, 2.45) is 0 Å². The number of aryl methyl sites for hydroxylation is 1. The number of benzene rings is 1. The highest BCUT2D eigenvalue weighted by Crippen LogP contribution is 2.35. The van der Waals surface area contributed by atoms with Gasteiger partial charge in [-0.05, 0) is 29.5 Å². The Bertz CT molecular complexity index is 506. The molecule has 0 bridgehead atoms. The number of nitrogen functional groups attached to an aromatic ring is 1. The number of nitrogens with two attached hydrogens (primary N) is 1. The van der Waals surface area contributed by atoms with Crippen LogP contribution < -0.4 is 5.73 Å². The topological polar surface area (TPSA) is 52.0 Å². The molecule has 15 heavy (non-hydrogen) atoms. The molecule has 2 N–H and O–H groups in total. The number of hydrogen-bond donors (Lipinski definition) is 1. The van der Waals surface area contributed by atoms with Crippen LogP contribution in [-0.4, -0.2) is 5.16 Å². The van der Waals surface area contributed by atoms with Crippen LogP contribution >= 0.6 is 0 Å². The first-order valence-corrected chi connectivity index (χ1v) is 5.06. The minimum atomic E-state index is 0.0449. The van der Waals surface area contributed by atoms with Crippen LogP contribution in [0.25, 0.3) is 11.0 Å². The molecule has 0 amide bonds. The van der Waals surface area contributed by atoms with Crippen LogP contribution in [0.3, 0.4) is 0 Å². The molecule has 0 saturated carbocycles. The Labute approximate surface area is 89.2 Å². The van der Waals surface area contributed by atoms with E-state index in [0.29, 0.717) is 5.82 Å². The van der Waals surface area contributed by atoms with E-state index < -0.39 is 0 Å². The number of hydrogen-bond acceptors (Lipinski definition) is 3. The Morgan fingerprint density at radius 2 is 1.93 bits per heavy atom. The first-order chi connectivity index (χ1) is 6.91. The highest BCUT2D eigenvalue weighted by atomic mass is 16.5. The maximum Gasteiger partial charge on any atom is 0.175 e. The average molecular weight is 204 g/mol. The molecule has 0 atom stereocenters. The van der Waals surface area contributed by atoms with Gasteiger partial charge in [0.15, 0.2) is 11.4 Å². The summed E-state index contributed by atoms with van der Waals surface area (Å²) in [7, 11) is 0. The molecule has 0 aliphatic carbocycles. The fourth-order valence-electron chi connectivity index (χ4n) is 2.13. The first-order valence-electron chi connectivity index (χ1n) is 5.06. The summed E-state index contributed by atoms with van der Waals surface area (Å²) < 4.78 is 5.16. The van der Waals surface area contributed by atoms with Crippen molar-refractivity contribution in [1.82, 2.24) is 5.16 Å². The standard InChI is InChI=1S/C12H16N2O/c1-7-5-6-8-9(11(13)14-15-8)10(7)12(2,3)4/h5-6H,1-4H3,(H2,13,14). The highest BCUT2D eigenvalue weighted by molar-refractivity contribution is 5.91. The van der Waals surface area contributed by atoms with Crippen molar-refractivity contribution >= 4 is 16.8 Å². The van der Waals surface area contributed by atoms with E-state index >= 15 is 0 Å². The summed E-state index contributed by atoms with van der Waals surface area (Å²) in [5.41, 5.74) is 9.10. The predicted octanol–water partition coefficient (Wildman–Crippen LogP) is 3.02. The van der Waals surface area contributed by atoms with Gasteiger partial charge in [-0.1, -0.05) is 32.0 Å². The molecule has 1 aromatic heterocycles. The van der Waals surface area contributed by atoms with Crippen LogP contribution in [-0.2, 0) is 5.41 Å². The van der Waals surface area contributed by atoms with E-state index in [2.05, 4.69) is 32.9 Å². The molecule has 0 unspecified atom stereocenters. The zero-order valence-electron chi connectivity index (χ0n) is 9.59. The fraction of sp³-hybridized carbons (Fsp3) is 0.417. The maximum atomic E-state index is 5.84. The molecule has 0 saturated heterocycles. The van der Waals surface area contributed by atoms with Crippen molar-refractivity contribution in [2.45, 2.75) is 33.1 Å². The second-order valence-electron chi connectivity index (χ2n) is 4.95. The normalized spacial score (nSPS) is 12.3. The van der Waals surface area contributed by atoms with Gasteiger partial charge in [0.25, 0.3) is 0 Å². The molecule has 2 rings (SSSR count). The molecule has 3 heteroatoms. The van der Waals surface area contributed by atoms with Gasteiger partial charge in [-0.25, -0.2) is 0 Å². The van der Waals surface area contributed by atoms with Gasteiger partial charge in [-0.2, -0.15) is 0 Å². The molecule has 3 nitrogen and oxygen atoms in total. The van der Waals surface area contributed by atoms with E-state index in [0.717, 1.165) is 11.0 Å². The molecule has 0 fully saturated rings. The van der Waals surface area contributed by atoms with Crippen LogP contribution in [0.1, 0.15) is 31.9 Å². The molecular weight excluding hydrogens is 188 g/mol. The Balaban J connectivity index is 2.90. The molecule has 0 aliphatic rings. The maximum absolute atomic E-state index is 5.84. The summed E-state index contributed by atoms with van der Waals surface area (Å²) in [6.07, 6.45) is 0. The molecule has 0 radical (unpaired) electrons. The zero-order chi connectivity index (χ0) is 11.2. The van der Waals surface area contributed by atoms with Crippen LogP contribution in [0, 0.1) is 6.92 Å². The predicted molar refractivity (Wildman–Crippen MR) is 61.9 cm³/mol. The van der Waals surface area contributed by atoms with Crippen LogP contribution in [0.4, 0.5) is 5.82 Å². The average Bonchev–Trinajstić information content (AvgIpc) is 2.46. The molecule has 0 spiro atoms. The third-order valence-electron chi connectivity index (χ3n) is 2.62. The molecule has 1 aromatic carbocycles. The van der Waals surface area contributed by atoms with E-state index in [1.54, 1.807) is 0 Å². The van der Waals surface area contributed by atoms with Gasteiger partial charge >= 0.3 is 0 Å². The van der Waals surface area contributed by atoms with E-state index in [4.69, 9.17) is 10.3 Å². The van der Waals surface area contributed by atoms with Gasteiger partial charge < -0.3 is 10.3 Å². The lowest BCUT2D eigenvalue weighted by Gasteiger charge is -2.22. The molecule has 80 valence electrons. The third-order valence-corrected chi connectivity index (χ3v) is 2.62. The van der Waals surface area contributed by atoms with Crippen LogP contribution in [0.15, 0.2) is 16.7 Å². The van der Waals surface area contributed by atoms with Gasteiger partial charge in [-0.3, -0.25) is 0 Å². The number of aromatic nitrogens is 1. The highest BCUT2D eigenvalue weighted by Gasteiger charge is 2.22. The number of rotatable bonds is 0. The summed E-state index contributed by atoms with van der Waals surface area (Å²) in [4.78, 5) is 0. The van der Waals surface area contributed by atoms with Crippen molar-refractivity contribution in [3.8, 4) is 0 Å². The summed E-state index contributed by atoms with van der Waals surface area (Å²) >= 11 is 0. The summed E-state index contributed by atoms with van der Waals surface area (Å²) in [6.45, 7) is 8.59. The summed E-state index contributed by atoms with van der Waals surface area (Å²) in [6, 6.07) is 3.97. The summed E-state index contributed by atoms with van der Waals surface area (Å²) in [5, 5.41) is 4.77. The SMILES string of the molecule is Cc1ccc2onc(N)c2c1C(C)(C)C. The fourth-order valence-corrected chi connectivity index (χ4v) is 2.13. The van der Waals surface area contributed by atoms with E-state index in [-0.39, 0.29) is 5.41 Å². The monoisotopic (exact) mass is 204 g/mol. The number of fused-ring (bicyclic) bond motifs is 1. The Kier molecular flexibility index (Phi) is 2.00. The van der Waals surface area contributed by atoms with Gasteiger partial charge in [0.05, 0.1) is 5.39 Å². The Morgan fingerprint density at radius 1 is 1.27 bits per heavy atom. The van der Waals surface area contributed by atoms with Crippen molar-refractivity contribution in [2.75, 3.05) is 5.73 Å². The third kappa shape index (κ3) is 1.48. The minimum Gasteiger partial charge on any atom is -0.380 e. The minimum absolute atomic E-state index is 0.0449. The van der Waals surface area contributed by atoms with Crippen molar-refractivity contribution in [3.63, 3.8) is 0 Å². The van der Waals surface area contributed by atoms with Crippen LogP contribution in [0.5, 0.6) is 0 Å². The van der Waals surface area contributed by atoms with Gasteiger partial charge in [0.2, 0.25) is 0 Å². The molecule has 2 aromatic rings.